The van der Waals surface area contributed by atoms with Gasteiger partial charge in [0.25, 0.3) is 5.91 Å². The Bertz CT molecular complexity index is 493. The molecular formula is C13H18F3N3OS. The van der Waals surface area contributed by atoms with Crippen LogP contribution in [0.25, 0.3) is 0 Å². The van der Waals surface area contributed by atoms with Crippen LogP contribution < -0.4 is 11.1 Å². The van der Waals surface area contributed by atoms with Gasteiger partial charge in [0.15, 0.2) is 10.8 Å². The van der Waals surface area contributed by atoms with Gasteiger partial charge in [-0.2, -0.15) is 13.2 Å². The predicted octanol–water partition coefficient (Wildman–Crippen LogP) is 3.44. The molecule has 0 spiro atoms. The van der Waals surface area contributed by atoms with Gasteiger partial charge in [0.1, 0.15) is 4.88 Å². The number of hydrogen-bond donors (Lipinski definition) is 2. The van der Waals surface area contributed by atoms with Crippen molar-refractivity contribution in [1.82, 2.24) is 10.3 Å². The Balaban J connectivity index is 2.00. The smallest absolute Gasteiger partial charge is 0.375 e. The van der Waals surface area contributed by atoms with Gasteiger partial charge in [-0.25, -0.2) is 4.98 Å². The predicted molar refractivity (Wildman–Crippen MR) is 75.1 cm³/mol. The zero-order valence-electron chi connectivity index (χ0n) is 11.5. The van der Waals surface area contributed by atoms with E-state index in [0.717, 1.165) is 25.7 Å². The van der Waals surface area contributed by atoms with Gasteiger partial charge in [0.05, 0.1) is 0 Å². The van der Waals surface area contributed by atoms with E-state index in [0.29, 0.717) is 23.8 Å². The van der Waals surface area contributed by atoms with Crippen molar-refractivity contribution in [1.29, 1.82) is 0 Å². The van der Waals surface area contributed by atoms with Crippen LogP contribution in [0.15, 0.2) is 0 Å². The molecule has 1 aliphatic carbocycles. The number of nitrogens with two attached hydrogens (primary N) is 1. The van der Waals surface area contributed by atoms with Crippen molar-refractivity contribution in [3.63, 3.8) is 0 Å². The number of nitrogens with one attached hydrogen (secondary N) is 1. The highest BCUT2D eigenvalue weighted by Crippen LogP contribution is 2.35. The van der Waals surface area contributed by atoms with E-state index in [9.17, 15) is 18.0 Å². The monoisotopic (exact) mass is 321 g/mol. The molecule has 0 aliphatic heterocycles. The molecule has 1 aromatic heterocycles. The minimum atomic E-state index is -4.66. The molecule has 21 heavy (non-hydrogen) atoms. The molecule has 1 aromatic rings. The molecule has 3 N–H and O–H groups in total. The number of rotatable bonds is 3. The number of nitrogen functional groups attached to an aromatic ring is 1. The zero-order chi connectivity index (χ0) is 15.5. The maximum Gasteiger partial charge on any atom is 0.435 e. The lowest BCUT2D eigenvalue weighted by Gasteiger charge is -2.14. The van der Waals surface area contributed by atoms with Gasteiger partial charge >= 0.3 is 6.18 Å². The van der Waals surface area contributed by atoms with Crippen LogP contribution in [0.4, 0.5) is 18.3 Å². The molecule has 1 amide bonds. The number of nitrogens with zero attached hydrogens (tertiary/aromatic N) is 1. The van der Waals surface area contributed by atoms with Gasteiger partial charge in [0.2, 0.25) is 0 Å². The molecule has 0 aromatic carbocycles. The molecule has 0 atom stereocenters. The standard InChI is InChI=1S/C13H18F3N3OS/c14-13(15,16)10-9(21-12(17)19-10)11(20)18-7-8-5-3-1-2-4-6-8/h8H,1-7H2,(H2,17,19)(H,18,20). The maximum absolute atomic E-state index is 12.8. The molecule has 1 aliphatic rings. The van der Waals surface area contributed by atoms with Gasteiger partial charge in [-0.05, 0) is 18.8 Å². The normalized spacial score (nSPS) is 17.5. The first-order valence-electron chi connectivity index (χ1n) is 6.99. The molecule has 2 rings (SSSR count). The number of aromatic nitrogens is 1. The van der Waals surface area contributed by atoms with Crippen molar-refractivity contribution in [3.05, 3.63) is 10.6 Å². The summed E-state index contributed by atoms with van der Waals surface area (Å²) in [6.07, 6.45) is 1.96. The number of anilines is 1. The molecule has 8 heteroatoms. The summed E-state index contributed by atoms with van der Waals surface area (Å²) in [6, 6.07) is 0. The summed E-state index contributed by atoms with van der Waals surface area (Å²) in [6.45, 7) is 0.411. The second-order valence-corrected chi connectivity index (χ2v) is 6.33. The van der Waals surface area contributed by atoms with Gasteiger partial charge in [-0.15, -0.1) is 0 Å². The molecule has 0 unspecified atom stereocenters. The van der Waals surface area contributed by atoms with Gasteiger partial charge in [-0.1, -0.05) is 37.0 Å². The van der Waals surface area contributed by atoms with Crippen LogP contribution in [-0.4, -0.2) is 17.4 Å². The molecule has 0 radical (unpaired) electrons. The van der Waals surface area contributed by atoms with E-state index >= 15 is 0 Å². The van der Waals surface area contributed by atoms with Crippen molar-refractivity contribution in [2.75, 3.05) is 12.3 Å². The Hall–Kier alpha value is -1.31. The summed E-state index contributed by atoms with van der Waals surface area (Å²) >= 11 is 0.575. The quantitative estimate of drug-likeness (QED) is 0.838. The van der Waals surface area contributed by atoms with E-state index in [4.69, 9.17) is 5.73 Å². The lowest BCUT2D eigenvalue weighted by atomic mass is 10.0. The maximum atomic E-state index is 12.8. The number of carbonyl (C=O) groups is 1. The van der Waals surface area contributed by atoms with Crippen LogP contribution in [0, 0.1) is 5.92 Å². The number of amides is 1. The van der Waals surface area contributed by atoms with E-state index in [1.165, 1.54) is 12.8 Å². The SMILES string of the molecule is Nc1nc(C(F)(F)F)c(C(=O)NCC2CCCCCC2)s1. The fourth-order valence-electron chi connectivity index (χ4n) is 2.57. The highest BCUT2D eigenvalue weighted by Gasteiger charge is 2.39. The Kier molecular flexibility index (Phi) is 5.08. The first kappa shape index (κ1) is 16.1. The van der Waals surface area contributed by atoms with Crippen molar-refractivity contribution < 1.29 is 18.0 Å². The van der Waals surface area contributed by atoms with Crippen LogP contribution in [0.2, 0.25) is 0 Å². The number of carbonyl (C=O) groups excluding carboxylic acids is 1. The molecule has 0 bridgehead atoms. The van der Waals surface area contributed by atoms with E-state index in [1.54, 1.807) is 0 Å². The molecule has 1 heterocycles. The van der Waals surface area contributed by atoms with E-state index < -0.39 is 22.7 Å². The minimum absolute atomic E-state index is 0.248. The lowest BCUT2D eigenvalue weighted by molar-refractivity contribution is -0.141. The summed E-state index contributed by atoms with van der Waals surface area (Å²) in [5.74, 6) is -0.392. The third-order valence-electron chi connectivity index (χ3n) is 3.64. The summed E-state index contributed by atoms with van der Waals surface area (Å²) in [4.78, 5) is 14.7. The lowest BCUT2D eigenvalue weighted by Crippen LogP contribution is -2.30. The first-order chi connectivity index (χ1) is 9.88. The molecule has 1 saturated carbocycles. The Morgan fingerprint density at radius 2 is 1.90 bits per heavy atom. The number of hydrogen-bond acceptors (Lipinski definition) is 4. The summed E-state index contributed by atoms with van der Waals surface area (Å²) in [5, 5.41) is 2.35. The largest absolute Gasteiger partial charge is 0.435 e. The van der Waals surface area contributed by atoms with Crippen LogP contribution in [0.1, 0.15) is 53.9 Å². The fraction of sp³-hybridized carbons (Fsp3) is 0.692. The summed E-state index contributed by atoms with van der Waals surface area (Å²) < 4.78 is 38.3. The first-order valence-corrected chi connectivity index (χ1v) is 7.81. The molecule has 118 valence electrons. The third-order valence-corrected chi connectivity index (χ3v) is 4.53. The van der Waals surface area contributed by atoms with Crippen LogP contribution in [0.3, 0.4) is 0 Å². The van der Waals surface area contributed by atoms with Crippen molar-refractivity contribution >= 4 is 22.4 Å². The molecule has 0 saturated heterocycles. The number of halogens is 3. The number of thiazole rings is 1. The Morgan fingerprint density at radius 1 is 1.29 bits per heavy atom. The summed E-state index contributed by atoms with van der Waals surface area (Å²) in [7, 11) is 0. The Morgan fingerprint density at radius 3 is 2.48 bits per heavy atom. The van der Waals surface area contributed by atoms with Crippen molar-refractivity contribution in [3.8, 4) is 0 Å². The molecule has 1 fully saturated rings. The molecule has 4 nitrogen and oxygen atoms in total. The number of alkyl halides is 3. The van der Waals surface area contributed by atoms with E-state index in [2.05, 4.69) is 10.3 Å². The van der Waals surface area contributed by atoms with Crippen molar-refractivity contribution in [2.45, 2.75) is 44.7 Å². The third kappa shape index (κ3) is 4.33. The van der Waals surface area contributed by atoms with E-state index in [1.807, 2.05) is 0 Å². The summed E-state index contributed by atoms with van der Waals surface area (Å²) in [5.41, 5.74) is 4.11. The topological polar surface area (TPSA) is 68.0 Å². The van der Waals surface area contributed by atoms with Crippen LogP contribution in [-0.2, 0) is 6.18 Å². The average molecular weight is 321 g/mol. The second kappa shape index (κ2) is 6.64. The van der Waals surface area contributed by atoms with Crippen LogP contribution in [0.5, 0.6) is 0 Å². The second-order valence-electron chi connectivity index (χ2n) is 5.30. The van der Waals surface area contributed by atoms with Gasteiger partial charge in [0, 0.05) is 6.54 Å². The highest BCUT2D eigenvalue weighted by atomic mass is 32.1. The Labute approximate surface area is 124 Å². The average Bonchev–Trinajstić information content (AvgIpc) is 2.64. The minimum Gasteiger partial charge on any atom is -0.375 e. The van der Waals surface area contributed by atoms with Gasteiger partial charge < -0.3 is 11.1 Å². The van der Waals surface area contributed by atoms with Crippen LogP contribution >= 0.6 is 11.3 Å². The molecular weight excluding hydrogens is 303 g/mol. The fourth-order valence-corrected chi connectivity index (χ4v) is 3.34. The zero-order valence-corrected chi connectivity index (χ0v) is 12.3. The van der Waals surface area contributed by atoms with Crippen molar-refractivity contribution in [2.24, 2.45) is 5.92 Å². The van der Waals surface area contributed by atoms with Gasteiger partial charge in [-0.3, -0.25) is 4.79 Å². The van der Waals surface area contributed by atoms with E-state index in [-0.39, 0.29) is 5.13 Å². The highest BCUT2D eigenvalue weighted by molar-refractivity contribution is 7.17.